The van der Waals surface area contributed by atoms with Crippen molar-refractivity contribution >= 4 is 5.95 Å². The number of anilines is 1. The molecule has 3 rings (SSSR count). The molecule has 0 aromatic carbocycles. The topological polar surface area (TPSA) is 77.8 Å². The minimum Gasteiger partial charge on any atom is -0.481 e. The van der Waals surface area contributed by atoms with E-state index in [2.05, 4.69) is 25.4 Å². The van der Waals surface area contributed by atoms with Crippen LogP contribution in [0.2, 0.25) is 0 Å². The lowest BCUT2D eigenvalue weighted by atomic mass is 10.1. The maximum absolute atomic E-state index is 5.08. The van der Waals surface area contributed by atoms with E-state index in [1.807, 2.05) is 11.6 Å². The third-order valence-electron chi connectivity index (χ3n) is 3.14. The SMILES string of the molecule is COc1ccnc(N[C@H]2CCc3nc(C)nn3C2)n1. The van der Waals surface area contributed by atoms with Crippen molar-refractivity contribution in [2.75, 3.05) is 12.4 Å². The highest BCUT2D eigenvalue weighted by atomic mass is 16.5. The molecular formula is C12H16N6O. The summed E-state index contributed by atoms with van der Waals surface area (Å²) in [7, 11) is 1.59. The van der Waals surface area contributed by atoms with Gasteiger partial charge in [0, 0.05) is 24.7 Å². The second kappa shape index (κ2) is 4.83. The second-order valence-electron chi connectivity index (χ2n) is 4.56. The van der Waals surface area contributed by atoms with Gasteiger partial charge in [-0.1, -0.05) is 0 Å². The summed E-state index contributed by atoms with van der Waals surface area (Å²) in [5.74, 6) is 3.03. The van der Waals surface area contributed by atoms with E-state index in [4.69, 9.17) is 4.74 Å². The highest BCUT2D eigenvalue weighted by Crippen LogP contribution is 2.16. The molecule has 2 aromatic heterocycles. The molecule has 0 unspecified atom stereocenters. The van der Waals surface area contributed by atoms with Crippen LogP contribution in [0.4, 0.5) is 5.95 Å². The molecule has 0 aliphatic carbocycles. The van der Waals surface area contributed by atoms with Crippen LogP contribution in [-0.4, -0.2) is 37.9 Å². The van der Waals surface area contributed by atoms with Crippen molar-refractivity contribution in [3.8, 4) is 5.88 Å². The Kier molecular flexibility index (Phi) is 3.02. The predicted octanol–water partition coefficient (Wildman–Crippen LogP) is 0.812. The van der Waals surface area contributed by atoms with Crippen molar-refractivity contribution in [2.24, 2.45) is 0 Å². The van der Waals surface area contributed by atoms with Crippen LogP contribution in [0, 0.1) is 6.92 Å². The third-order valence-corrected chi connectivity index (χ3v) is 3.14. The highest BCUT2D eigenvalue weighted by molar-refractivity contribution is 5.29. The van der Waals surface area contributed by atoms with Crippen molar-refractivity contribution in [3.05, 3.63) is 23.9 Å². The molecule has 3 heterocycles. The average Bonchev–Trinajstić information content (AvgIpc) is 2.78. The minimum atomic E-state index is 0.265. The van der Waals surface area contributed by atoms with Gasteiger partial charge in [0.15, 0.2) is 0 Å². The summed E-state index contributed by atoms with van der Waals surface area (Å²) < 4.78 is 7.04. The number of aryl methyl sites for hydroxylation is 2. The van der Waals surface area contributed by atoms with Gasteiger partial charge in [0.05, 0.1) is 13.7 Å². The largest absolute Gasteiger partial charge is 0.481 e. The molecule has 100 valence electrons. The van der Waals surface area contributed by atoms with Gasteiger partial charge in [-0.3, -0.25) is 0 Å². The number of nitrogens with zero attached hydrogens (tertiary/aromatic N) is 5. The summed E-state index contributed by atoms with van der Waals surface area (Å²) in [6.45, 7) is 2.70. The summed E-state index contributed by atoms with van der Waals surface area (Å²) in [5.41, 5.74) is 0. The Labute approximate surface area is 111 Å². The molecule has 0 bridgehead atoms. The average molecular weight is 260 g/mol. The maximum atomic E-state index is 5.08. The first-order valence-electron chi connectivity index (χ1n) is 6.28. The zero-order valence-electron chi connectivity index (χ0n) is 11.0. The summed E-state index contributed by atoms with van der Waals surface area (Å²) in [5, 5.41) is 7.69. The van der Waals surface area contributed by atoms with E-state index in [0.29, 0.717) is 11.8 Å². The Bertz CT molecular complexity index is 581. The van der Waals surface area contributed by atoms with E-state index in [-0.39, 0.29) is 6.04 Å². The van der Waals surface area contributed by atoms with E-state index in [0.717, 1.165) is 31.0 Å². The third kappa shape index (κ3) is 2.49. The second-order valence-corrected chi connectivity index (χ2v) is 4.56. The minimum absolute atomic E-state index is 0.265. The summed E-state index contributed by atoms with van der Waals surface area (Å²) in [6, 6.07) is 1.99. The molecule has 1 aliphatic heterocycles. The van der Waals surface area contributed by atoms with Gasteiger partial charge in [-0.05, 0) is 13.3 Å². The first-order chi connectivity index (χ1) is 9.24. The molecule has 7 nitrogen and oxygen atoms in total. The molecule has 1 atom stereocenters. The van der Waals surface area contributed by atoms with Crippen molar-refractivity contribution in [1.29, 1.82) is 0 Å². The van der Waals surface area contributed by atoms with E-state index in [9.17, 15) is 0 Å². The fourth-order valence-corrected chi connectivity index (χ4v) is 2.26. The van der Waals surface area contributed by atoms with Crippen LogP contribution in [0.1, 0.15) is 18.1 Å². The molecule has 2 aromatic rings. The Morgan fingerprint density at radius 3 is 3.16 bits per heavy atom. The number of hydrogen-bond donors (Lipinski definition) is 1. The Hall–Kier alpha value is -2.18. The first kappa shape index (κ1) is 11.9. The summed E-state index contributed by atoms with van der Waals surface area (Å²) in [6.07, 6.45) is 3.60. The molecule has 7 heteroatoms. The van der Waals surface area contributed by atoms with Crippen LogP contribution in [-0.2, 0) is 13.0 Å². The van der Waals surface area contributed by atoms with Gasteiger partial charge < -0.3 is 10.1 Å². The standard InChI is InChI=1S/C12H16N6O/c1-8-14-10-4-3-9(7-18(10)17-8)15-12-13-6-5-11(16-12)19-2/h5-6,9H,3-4,7H2,1-2H3,(H,13,15,16)/t9-/m0/s1. The number of methoxy groups -OCH3 is 1. The van der Waals surface area contributed by atoms with Crippen LogP contribution in [0.15, 0.2) is 12.3 Å². The zero-order chi connectivity index (χ0) is 13.2. The normalized spacial score (nSPS) is 17.9. The Morgan fingerprint density at radius 2 is 2.32 bits per heavy atom. The van der Waals surface area contributed by atoms with Crippen molar-refractivity contribution < 1.29 is 4.74 Å². The van der Waals surface area contributed by atoms with Gasteiger partial charge in [-0.25, -0.2) is 14.6 Å². The molecule has 0 amide bonds. The van der Waals surface area contributed by atoms with Gasteiger partial charge >= 0.3 is 0 Å². The molecule has 0 saturated carbocycles. The van der Waals surface area contributed by atoms with Gasteiger partial charge in [0.1, 0.15) is 11.6 Å². The van der Waals surface area contributed by atoms with Gasteiger partial charge in [0.2, 0.25) is 11.8 Å². The molecule has 1 N–H and O–H groups in total. The number of hydrogen-bond acceptors (Lipinski definition) is 6. The van der Waals surface area contributed by atoms with Crippen molar-refractivity contribution in [3.63, 3.8) is 0 Å². The smallest absolute Gasteiger partial charge is 0.226 e. The molecule has 0 spiro atoms. The van der Waals surface area contributed by atoms with Crippen LogP contribution in [0.25, 0.3) is 0 Å². The van der Waals surface area contributed by atoms with Crippen LogP contribution >= 0.6 is 0 Å². The van der Waals surface area contributed by atoms with Crippen LogP contribution in [0.5, 0.6) is 5.88 Å². The lowest BCUT2D eigenvalue weighted by molar-refractivity contribution is 0.396. The fraction of sp³-hybridized carbons (Fsp3) is 0.500. The Balaban J connectivity index is 1.71. The van der Waals surface area contributed by atoms with Gasteiger partial charge in [0.25, 0.3) is 0 Å². The van der Waals surface area contributed by atoms with E-state index in [1.54, 1.807) is 19.4 Å². The van der Waals surface area contributed by atoms with Gasteiger partial charge in [-0.2, -0.15) is 10.1 Å². The van der Waals surface area contributed by atoms with Crippen LogP contribution in [0.3, 0.4) is 0 Å². The lowest BCUT2D eigenvalue weighted by Crippen LogP contribution is -2.32. The summed E-state index contributed by atoms with van der Waals surface area (Å²) in [4.78, 5) is 12.8. The number of aromatic nitrogens is 5. The van der Waals surface area contributed by atoms with Gasteiger partial charge in [-0.15, -0.1) is 0 Å². The number of ether oxygens (including phenoxy) is 1. The molecule has 0 radical (unpaired) electrons. The first-order valence-corrected chi connectivity index (χ1v) is 6.28. The molecule has 19 heavy (non-hydrogen) atoms. The number of rotatable bonds is 3. The highest BCUT2D eigenvalue weighted by Gasteiger charge is 2.21. The lowest BCUT2D eigenvalue weighted by Gasteiger charge is -2.23. The van der Waals surface area contributed by atoms with E-state index < -0.39 is 0 Å². The van der Waals surface area contributed by atoms with Crippen molar-refractivity contribution in [2.45, 2.75) is 32.4 Å². The fourth-order valence-electron chi connectivity index (χ4n) is 2.26. The monoisotopic (exact) mass is 260 g/mol. The number of nitrogens with one attached hydrogen (secondary N) is 1. The number of fused-ring (bicyclic) bond motifs is 1. The van der Waals surface area contributed by atoms with Crippen LogP contribution < -0.4 is 10.1 Å². The maximum Gasteiger partial charge on any atom is 0.226 e. The molecule has 1 aliphatic rings. The predicted molar refractivity (Wildman–Crippen MR) is 69.1 cm³/mol. The van der Waals surface area contributed by atoms with Crippen molar-refractivity contribution in [1.82, 2.24) is 24.7 Å². The molecule has 0 fully saturated rings. The Morgan fingerprint density at radius 1 is 1.42 bits per heavy atom. The zero-order valence-corrected chi connectivity index (χ0v) is 11.0. The molecular weight excluding hydrogens is 244 g/mol. The summed E-state index contributed by atoms with van der Waals surface area (Å²) >= 11 is 0. The molecule has 0 saturated heterocycles. The quantitative estimate of drug-likeness (QED) is 0.880. The van der Waals surface area contributed by atoms with E-state index in [1.165, 1.54) is 0 Å². The van der Waals surface area contributed by atoms with E-state index >= 15 is 0 Å².